The number of nitrogens with one attached hydrogen (secondary N) is 2. The average Bonchev–Trinajstić information content (AvgIpc) is 2.88. The van der Waals surface area contributed by atoms with Crippen LogP contribution in [0.3, 0.4) is 0 Å². The molecule has 1 aliphatic heterocycles. The number of fused-ring (bicyclic) bond motifs is 1. The Hall–Kier alpha value is -0.980. The summed E-state index contributed by atoms with van der Waals surface area (Å²) >= 11 is 1.64. The van der Waals surface area contributed by atoms with Gasteiger partial charge in [-0.05, 0) is 32.1 Å². The Morgan fingerprint density at radius 2 is 2.43 bits per heavy atom. The van der Waals surface area contributed by atoms with Crippen molar-refractivity contribution >= 4 is 22.4 Å². The first-order valence-corrected chi connectivity index (χ1v) is 8.63. The quantitative estimate of drug-likeness (QED) is 0.896. The molecular weight excluding hydrogens is 286 g/mol. The fraction of sp³-hybridized carbons (Fsp3) is 0.733. The summed E-state index contributed by atoms with van der Waals surface area (Å²) in [5.74, 6) is 0.732. The number of hydrogen-bond acceptors (Lipinski definition) is 5. The molecular formula is C15H23N3O2S. The smallest absolute Gasteiger partial charge is 0.245 e. The number of rotatable bonds is 3. The van der Waals surface area contributed by atoms with E-state index in [0.29, 0.717) is 6.61 Å². The summed E-state index contributed by atoms with van der Waals surface area (Å²) in [4.78, 5) is 18.3. The van der Waals surface area contributed by atoms with Gasteiger partial charge >= 0.3 is 0 Å². The largest absolute Gasteiger partial charge is 0.375 e. The van der Waals surface area contributed by atoms with Crippen LogP contribution in [0.15, 0.2) is 0 Å². The van der Waals surface area contributed by atoms with Gasteiger partial charge in [-0.2, -0.15) is 0 Å². The molecule has 3 atom stereocenters. The number of amides is 1. The molecule has 0 saturated carbocycles. The number of morpholine rings is 1. The van der Waals surface area contributed by atoms with Crippen molar-refractivity contribution in [3.05, 3.63) is 10.6 Å². The monoisotopic (exact) mass is 309 g/mol. The van der Waals surface area contributed by atoms with E-state index in [4.69, 9.17) is 4.74 Å². The van der Waals surface area contributed by atoms with Crippen LogP contribution in [0.1, 0.15) is 37.3 Å². The van der Waals surface area contributed by atoms with Gasteiger partial charge in [-0.15, -0.1) is 11.3 Å². The number of ether oxygens (including phenoxy) is 1. The molecule has 5 nitrogen and oxygen atoms in total. The Morgan fingerprint density at radius 3 is 3.19 bits per heavy atom. The van der Waals surface area contributed by atoms with E-state index in [9.17, 15) is 4.79 Å². The standard InChI is InChI=1S/C15H23N3O2S/c1-3-10-4-5-11-12(8-10)21-15(17-11)18-14(19)13-9(2)20-7-6-16-13/h9-10,13,16H,3-8H2,1-2H3,(H,17,18,19)/t9-,10?,13+/m1/s1. The summed E-state index contributed by atoms with van der Waals surface area (Å²) in [7, 11) is 0. The van der Waals surface area contributed by atoms with E-state index in [1.165, 1.54) is 23.4 Å². The van der Waals surface area contributed by atoms with Gasteiger partial charge in [0.25, 0.3) is 0 Å². The fourth-order valence-electron chi connectivity index (χ4n) is 3.06. The lowest BCUT2D eigenvalue weighted by atomic mass is 9.89. The minimum atomic E-state index is -0.289. The summed E-state index contributed by atoms with van der Waals surface area (Å²) in [6, 6.07) is -0.289. The summed E-state index contributed by atoms with van der Waals surface area (Å²) in [5, 5.41) is 6.90. The number of hydrogen-bond donors (Lipinski definition) is 2. The average molecular weight is 309 g/mol. The molecule has 1 aromatic heterocycles. The van der Waals surface area contributed by atoms with E-state index >= 15 is 0 Å². The molecule has 1 aliphatic carbocycles. The maximum atomic E-state index is 12.3. The van der Waals surface area contributed by atoms with Crippen LogP contribution in [-0.4, -0.2) is 36.2 Å². The molecule has 1 aromatic rings. The van der Waals surface area contributed by atoms with Crippen LogP contribution in [0.2, 0.25) is 0 Å². The number of thiazole rings is 1. The lowest BCUT2D eigenvalue weighted by molar-refractivity contribution is -0.123. The zero-order valence-electron chi connectivity index (χ0n) is 12.6. The first kappa shape index (κ1) is 14.9. The summed E-state index contributed by atoms with van der Waals surface area (Å²) in [6.45, 7) is 5.55. The highest BCUT2D eigenvalue weighted by molar-refractivity contribution is 7.15. The Kier molecular flexibility index (Phi) is 4.57. The summed E-state index contributed by atoms with van der Waals surface area (Å²) in [5.41, 5.74) is 1.18. The lowest BCUT2D eigenvalue weighted by Gasteiger charge is -2.28. The van der Waals surface area contributed by atoms with Gasteiger partial charge in [-0.1, -0.05) is 13.3 Å². The van der Waals surface area contributed by atoms with Crippen molar-refractivity contribution in [1.82, 2.24) is 10.3 Å². The third-order valence-corrected chi connectivity index (χ3v) is 5.48. The van der Waals surface area contributed by atoms with Crippen LogP contribution in [0, 0.1) is 5.92 Å². The molecule has 21 heavy (non-hydrogen) atoms. The molecule has 1 amide bonds. The van der Waals surface area contributed by atoms with E-state index in [2.05, 4.69) is 22.5 Å². The molecule has 3 rings (SSSR count). The molecule has 0 aromatic carbocycles. The first-order chi connectivity index (χ1) is 10.2. The number of carbonyl (C=O) groups excluding carboxylic acids is 1. The van der Waals surface area contributed by atoms with E-state index in [1.54, 1.807) is 11.3 Å². The normalized spacial score (nSPS) is 29.0. The lowest BCUT2D eigenvalue weighted by Crippen LogP contribution is -2.53. The Morgan fingerprint density at radius 1 is 1.57 bits per heavy atom. The van der Waals surface area contributed by atoms with Crippen LogP contribution in [0.25, 0.3) is 0 Å². The van der Waals surface area contributed by atoms with Crippen LogP contribution in [0.5, 0.6) is 0 Å². The van der Waals surface area contributed by atoms with Gasteiger partial charge in [0.05, 0.1) is 18.4 Å². The van der Waals surface area contributed by atoms with Crippen molar-refractivity contribution in [2.45, 2.75) is 51.7 Å². The number of anilines is 1. The molecule has 0 bridgehead atoms. The van der Waals surface area contributed by atoms with Gasteiger partial charge in [0.1, 0.15) is 6.04 Å². The van der Waals surface area contributed by atoms with Crippen molar-refractivity contribution in [2.75, 3.05) is 18.5 Å². The van der Waals surface area contributed by atoms with Crippen LogP contribution < -0.4 is 10.6 Å². The Balaban J connectivity index is 1.65. The number of nitrogens with zero attached hydrogens (tertiary/aromatic N) is 1. The second-order valence-corrected chi connectivity index (χ2v) is 6.99. The minimum absolute atomic E-state index is 0.0414. The third kappa shape index (κ3) is 3.27. The Bertz CT molecular complexity index is 517. The van der Waals surface area contributed by atoms with Gasteiger partial charge in [0.15, 0.2) is 5.13 Å². The highest BCUT2D eigenvalue weighted by Crippen LogP contribution is 2.33. The molecule has 1 fully saturated rings. The molecule has 6 heteroatoms. The van der Waals surface area contributed by atoms with E-state index < -0.39 is 0 Å². The van der Waals surface area contributed by atoms with Crippen LogP contribution in [0.4, 0.5) is 5.13 Å². The molecule has 2 heterocycles. The molecule has 1 saturated heterocycles. The predicted octanol–water partition coefficient (Wildman–Crippen LogP) is 1.97. The molecule has 2 aliphatic rings. The predicted molar refractivity (Wildman–Crippen MR) is 83.8 cm³/mol. The third-order valence-electron chi connectivity index (χ3n) is 4.45. The molecule has 0 radical (unpaired) electrons. The van der Waals surface area contributed by atoms with Gasteiger partial charge < -0.3 is 15.4 Å². The zero-order valence-corrected chi connectivity index (χ0v) is 13.5. The van der Waals surface area contributed by atoms with Crippen LogP contribution >= 0.6 is 11.3 Å². The SMILES string of the molecule is CCC1CCc2nc(NC(=O)[C@H]3NCCO[C@@H]3C)sc2C1. The maximum Gasteiger partial charge on any atom is 0.245 e. The van der Waals surface area contributed by atoms with E-state index in [-0.39, 0.29) is 18.1 Å². The number of carbonyl (C=O) groups is 1. The second-order valence-electron chi connectivity index (χ2n) is 5.90. The van der Waals surface area contributed by atoms with Gasteiger partial charge in [-0.3, -0.25) is 4.79 Å². The molecule has 0 spiro atoms. The topological polar surface area (TPSA) is 63.2 Å². The molecule has 2 N–H and O–H groups in total. The van der Waals surface area contributed by atoms with Crippen molar-refractivity contribution in [1.29, 1.82) is 0 Å². The minimum Gasteiger partial charge on any atom is -0.375 e. The van der Waals surface area contributed by atoms with Crippen molar-refractivity contribution in [3.63, 3.8) is 0 Å². The van der Waals surface area contributed by atoms with Crippen LogP contribution in [-0.2, 0) is 22.4 Å². The number of aryl methyl sites for hydroxylation is 1. The van der Waals surface area contributed by atoms with Crippen molar-refractivity contribution in [2.24, 2.45) is 5.92 Å². The summed E-state index contributed by atoms with van der Waals surface area (Å²) in [6.07, 6.45) is 4.50. The van der Waals surface area contributed by atoms with Gasteiger partial charge in [0, 0.05) is 11.4 Å². The maximum absolute atomic E-state index is 12.3. The zero-order chi connectivity index (χ0) is 14.8. The van der Waals surface area contributed by atoms with Gasteiger partial charge in [-0.25, -0.2) is 4.98 Å². The van der Waals surface area contributed by atoms with Gasteiger partial charge in [0.2, 0.25) is 5.91 Å². The Labute approximate surface area is 129 Å². The van der Waals surface area contributed by atoms with E-state index in [1.807, 2.05) is 6.92 Å². The van der Waals surface area contributed by atoms with Crippen molar-refractivity contribution in [3.8, 4) is 0 Å². The highest BCUT2D eigenvalue weighted by atomic mass is 32.1. The van der Waals surface area contributed by atoms with Crippen molar-refractivity contribution < 1.29 is 9.53 Å². The molecule has 1 unspecified atom stereocenters. The fourth-order valence-corrected chi connectivity index (χ4v) is 4.18. The highest BCUT2D eigenvalue weighted by Gasteiger charge is 2.29. The van der Waals surface area contributed by atoms with E-state index in [0.717, 1.165) is 30.4 Å². The number of aromatic nitrogens is 1. The summed E-state index contributed by atoms with van der Waals surface area (Å²) < 4.78 is 5.52. The first-order valence-electron chi connectivity index (χ1n) is 7.81. The molecule has 116 valence electrons. The second kappa shape index (κ2) is 6.42.